The van der Waals surface area contributed by atoms with E-state index in [1.165, 1.54) is 0 Å². The Morgan fingerprint density at radius 2 is 1.79 bits per heavy atom. The van der Waals surface area contributed by atoms with Gasteiger partial charge in [0, 0.05) is 12.1 Å². The van der Waals surface area contributed by atoms with E-state index in [1.807, 2.05) is 51.1 Å². The maximum atomic E-state index is 10.0. The molecule has 2 N–H and O–H groups in total. The Morgan fingerprint density at radius 1 is 1.05 bits per heavy atom. The molecule has 0 spiro atoms. The molecule has 0 unspecified atom stereocenters. The monoisotopic (exact) mass is 275 g/mol. The van der Waals surface area contributed by atoms with Crippen molar-refractivity contribution in [3.05, 3.63) is 57.6 Å². The lowest BCUT2D eigenvalue weighted by atomic mass is 10.1. The predicted octanol–water partition coefficient (Wildman–Crippen LogP) is 4.58. The van der Waals surface area contributed by atoms with Gasteiger partial charge < -0.3 is 10.4 Å². The molecule has 0 radical (unpaired) electrons. The molecule has 100 valence electrons. The lowest BCUT2D eigenvalue weighted by Crippen LogP contribution is -2.01. The van der Waals surface area contributed by atoms with E-state index >= 15 is 0 Å². The number of phenols is 1. The molecule has 0 amide bonds. The molecule has 2 nitrogen and oxygen atoms in total. The SMILES string of the molecule is Cc1ccc(NCc2cc(C)cc(C)c2O)c(Cl)c1. The van der Waals surface area contributed by atoms with Crippen molar-refractivity contribution >= 4 is 17.3 Å². The number of hydrogen-bond donors (Lipinski definition) is 2. The quantitative estimate of drug-likeness (QED) is 0.859. The molecule has 0 aliphatic heterocycles. The molecular formula is C16H18ClNO. The van der Waals surface area contributed by atoms with E-state index in [0.29, 0.717) is 17.3 Å². The van der Waals surface area contributed by atoms with Crippen LogP contribution in [0.4, 0.5) is 5.69 Å². The Morgan fingerprint density at radius 3 is 2.47 bits per heavy atom. The Bertz CT molecular complexity index is 608. The smallest absolute Gasteiger partial charge is 0.123 e. The maximum Gasteiger partial charge on any atom is 0.123 e. The van der Waals surface area contributed by atoms with Crippen LogP contribution >= 0.6 is 11.6 Å². The summed E-state index contributed by atoms with van der Waals surface area (Å²) >= 11 is 6.17. The van der Waals surface area contributed by atoms with Crippen LogP contribution in [0.2, 0.25) is 5.02 Å². The van der Waals surface area contributed by atoms with Gasteiger partial charge in [0.1, 0.15) is 5.75 Å². The fourth-order valence-corrected chi connectivity index (χ4v) is 2.44. The number of benzene rings is 2. The van der Waals surface area contributed by atoms with Crippen LogP contribution in [0.25, 0.3) is 0 Å². The van der Waals surface area contributed by atoms with Gasteiger partial charge in [-0.1, -0.05) is 35.4 Å². The van der Waals surface area contributed by atoms with E-state index < -0.39 is 0 Å². The van der Waals surface area contributed by atoms with Crippen molar-refractivity contribution in [2.45, 2.75) is 27.3 Å². The van der Waals surface area contributed by atoms with Crippen LogP contribution in [0.3, 0.4) is 0 Å². The second kappa shape index (κ2) is 5.54. The van der Waals surface area contributed by atoms with Gasteiger partial charge >= 0.3 is 0 Å². The van der Waals surface area contributed by atoms with Crippen molar-refractivity contribution in [3.63, 3.8) is 0 Å². The molecular weight excluding hydrogens is 258 g/mol. The maximum absolute atomic E-state index is 10.0. The average Bonchev–Trinajstić information content (AvgIpc) is 2.33. The van der Waals surface area contributed by atoms with Crippen LogP contribution in [0.15, 0.2) is 30.3 Å². The molecule has 0 fully saturated rings. The summed E-state index contributed by atoms with van der Waals surface area (Å²) in [5.74, 6) is 0.348. The fraction of sp³-hybridized carbons (Fsp3) is 0.250. The number of anilines is 1. The Hall–Kier alpha value is -1.67. The minimum Gasteiger partial charge on any atom is -0.507 e. The number of halogens is 1. The van der Waals surface area contributed by atoms with Gasteiger partial charge in [-0.05, 0) is 44.0 Å². The summed E-state index contributed by atoms with van der Waals surface area (Å²) in [4.78, 5) is 0. The van der Waals surface area contributed by atoms with Crippen molar-refractivity contribution < 1.29 is 5.11 Å². The zero-order valence-electron chi connectivity index (χ0n) is 11.4. The molecule has 0 aliphatic rings. The molecule has 2 rings (SSSR count). The average molecular weight is 276 g/mol. The van der Waals surface area contributed by atoms with Crippen molar-refractivity contribution in [3.8, 4) is 5.75 Å². The number of nitrogens with one attached hydrogen (secondary N) is 1. The van der Waals surface area contributed by atoms with Crippen LogP contribution in [0.1, 0.15) is 22.3 Å². The van der Waals surface area contributed by atoms with Gasteiger partial charge in [-0.2, -0.15) is 0 Å². The Labute approximate surface area is 119 Å². The normalized spacial score (nSPS) is 10.5. The molecule has 0 heterocycles. The second-order valence-electron chi connectivity index (χ2n) is 4.93. The number of aryl methyl sites for hydroxylation is 3. The first-order valence-corrected chi connectivity index (χ1v) is 6.64. The number of phenolic OH excluding ortho intramolecular Hbond substituents is 1. The summed E-state index contributed by atoms with van der Waals surface area (Å²) in [6, 6.07) is 9.84. The van der Waals surface area contributed by atoms with Crippen molar-refractivity contribution in [2.75, 3.05) is 5.32 Å². The van der Waals surface area contributed by atoms with Crippen LogP contribution in [0, 0.1) is 20.8 Å². The Kier molecular flexibility index (Phi) is 4.01. The fourth-order valence-electron chi connectivity index (χ4n) is 2.14. The van der Waals surface area contributed by atoms with Gasteiger partial charge in [0.25, 0.3) is 0 Å². The summed E-state index contributed by atoms with van der Waals surface area (Å²) in [5, 5.41) is 14.0. The predicted molar refractivity (Wildman–Crippen MR) is 81.1 cm³/mol. The summed E-state index contributed by atoms with van der Waals surface area (Å²) in [5.41, 5.74) is 4.93. The summed E-state index contributed by atoms with van der Waals surface area (Å²) in [6.45, 7) is 6.49. The Balaban J connectivity index is 2.19. The first-order chi connectivity index (χ1) is 8.97. The zero-order valence-corrected chi connectivity index (χ0v) is 12.2. The van der Waals surface area contributed by atoms with Gasteiger partial charge in [-0.3, -0.25) is 0 Å². The van der Waals surface area contributed by atoms with Gasteiger partial charge in [0.15, 0.2) is 0 Å². The van der Waals surface area contributed by atoms with E-state index in [1.54, 1.807) is 0 Å². The minimum atomic E-state index is 0.348. The first kappa shape index (κ1) is 13.8. The van der Waals surface area contributed by atoms with Crippen LogP contribution in [0.5, 0.6) is 5.75 Å². The van der Waals surface area contributed by atoms with Gasteiger partial charge in [-0.25, -0.2) is 0 Å². The minimum absolute atomic E-state index is 0.348. The van der Waals surface area contributed by atoms with E-state index in [-0.39, 0.29) is 0 Å². The van der Waals surface area contributed by atoms with E-state index in [9.17, 15) is 5.11 Å². The summed E-state index contributed by atoms with van der Waals surface area (Å²) in [7, 11) is 0. The van der Waals surface area contributed by atoms with E-state index in [0.717, 1.165) is 27.9 Å². The van der Waals surface area contributed by atoms with Crippen LogP contribution < -0.4 is 5.32 Å². The number of aromatic hydroxyl groups is 1. The van der Waals surface area contributed by atoms with E-state index in [2.05, 4.69) is 5.32 Å². The molecule has 0 atom stereocenters. The van der Waals surface area contributed by atoms with Gasteiger partial charge in [0.05, 0.1) is 10.7 Å². The first-order valence-electron chi connectivity index (χ1n) is 6.26. The molecule has 3 heteroatoms. The van der Waals surface area contributed by atoms with Crippen molar-refractivity contribution in [1.82, 2.24) is 0 Å². The van der Waals surface area contributed by atoms with Crippen molar-refractivity contribution in [1.29, 1.82) is 0 Å². The highest BCUT2D eigenvalue weighted by Gasteiger charge is 2.06. The van der Waals surface area contributed by atoms with Gasteiger partial charge in [0.2, 0.25) is 0 Å². The third-order valence-electron chi connectivity index (χ3n) is 3.12. The molecule has 0 saturated heterocycles. The van der Waals surface area contributed by atoms with Gasteiger partial charge in [-0.15, -0.1) is 0 Å². The topological polar surface area (TPSA) is 32.3 Å². The lowest BCUT2D eigenvalue weighted by molar-refractivity contribution is 0.464. The number of rotatable bonds is 3. The third kappa shape index (κ3) is 3.21. The molecule has 0 aliphatic carbocycles. The van der Waals surface area contributed by atoms with Crippen LogP contribution in [-0.4, -0.2) is 5.11 Å². The third-order valence-corrected chi connectivity index (χ3v) is 3.43. The van der Waals surface area contributed by atoms with E-state index in [4.69, 9.17) is 11.6 Å². The highest BCUT2D eigenvalue weighted by Crippen LogP contribution is 2.27. The highest BCUT2D eigenvalue weighted by atomic mass is 35.5. The summed E-state index contributed by atoms with van der Waals surface area (Å²) < 4.78 is 0. The second-order valence-corrected chi connectivity index (χ2v) is 5.33. The largest absolute Gasteiger partial charge is 0.507 e. The molecule has 0 saturated carbocycles. The number of hydrogen-bond acceptors (Lipinski definition) is 2. The molecule has 0 aromatic heterocycles. The summed E-state index contributed by atoms with van der Waals surface area (Å²) in [6.07, 6.45) is 0. The molecule has 2 aromatic carbocycles. The van der Waals surface area contributed by atoms with Crippen molar-refractivity contribution in [2.24, 2.45) is 0 Å². The van der Waals surface area contributed by atoms with Crippen LogP contribution in [-0.2, 0) is 6.54 Å². The molecule has 19 heavy (non-hydrogen) atoms. The zero-order chi connectivity index (χ0) is 14.0. The standard InChI is InChI=1S/C16H18ClNO/c1-10-4-5-15(14(17)8-10)18-9-13-7-11(2)6-12(3)16(13)19/h4-8,18-19H,9H2,1-3H3. The molecule has 2 aromatic rings. The lowest BCUT2D eigenvalue weighted by Gasteiger charge is -2.12. The molecule has 0 bridgehead atoms. The highest BCUT2D eigenvalue weighted by molar-refractivity contribution is 6.33.